The Morgan fingerprint density at radius 3 is 2.30 bits per heavy atom. The van der Waals surface area contributed by atoms with Crippen molar-refractivity contribution in [1.82, 2.24) is 19.5 Å². The van der Waals surface area contributed by atoms with Gasteiger partial charge in [0.1, 0.15) is 11.4 Å². The molecule has 3 atom stereocenters. The van der Waals surface area contributed by atoms with Gasteiger partial charge in [0, 0.05) is 18.4 Å². The van der Waals surface area contributed by atoms with E-state index in [9.17, 15) is 14.4 Å². The maximum Gasteiger partial charge on any atom is 0.370 e. The maximum absolute atomic E-state index is 13.5. The second-order valence-corrected chi connectivity index (χ2v) is 10.6. The average Bonchev–Trinajstić information content (AvgIpc) is 3.54. The van der Waals surface area contributed by atoms with Crippen LogP contribution in [0.2, 0.25) is 5.02 Å². The first-order chi connectivity index (χ1) is 19.3. The van der Waals surface area contributed by atoms with Crippen molar-refractivity contribution in [3.8, 4) is 5.69 Å². The summed E-state index contributed by atoms with van der Waals surface area (Å²) in [5.74, 6) is -0.220. The number of carbonyl (C=O) groups excluding carboxylic acids is 2. The molecule has 1 saturated heterocycles. The minimum Gasteiger partial charge on any atom is -0.273 e. The van der Waals surface area contributed by atoms with Gasteiger partial charge >= 0.3 is 5.69 Å². The number of alkyl halides is 1. The molecule has 202 valence electrons. The summed E-state index contributed by atoms with van der Waals surface area (Å²) in [6.45, 7) is 3.15. The fourth-order valence-corrected chi connectivity index (χ4v) is 5.84. The second kappa shape index (κ2) is 10.1. The Kier molecular flexibility index (Phi) is 6.56. The third-order valence-corrected chi connectivity index (χ3v) is 7.99. The molecule has 2 aliphatic heterocycles. The van der Waals surface area contributed by atoms with Gasteiger partial charge in [-0.15, -0.1) is 16.7 Å². The first-order valence-electron chi connectivity index (χ1n) is 12.7. The highest BCUT2D eigenvalue weighted by Gasteiger charge is 2.50. The summed E-state index contributed by atoms with van der Waals surface area (Å²) >= 11 is 12.8. The van der Waals surface area contributed by atoms with Crippen molar-refractivity contribution in [1.29, 1.82) is 0 Å². The Hall–Kier alpha value is -4.21. The summed E-state index contributed by atoms with van der Waals surface area (Å²) in [7, 11) is 0. The summed E-state index contributed by atoms with van der Waals surface area (Å²) in [5.41, 5.74) is 3.27. The van der Waals surface area contributed by atoms with Crippen LogP contribution in [0, 0.1) is 6.92 Å². The number of aromatic nitrogens is 3. The lowest BCUT2D eigenvalue weighted by molar-refractivity contribution is -0.130. The van der Waals surface area contributed by atoms with Crippen molar-refractivity contribution < 1.29 is 9.59 Å². The molecular weight excluding hydrogens is 551 g/mol. The van der Waals surface area contributed by atoms with Crippen molar-refractivity contribution in [2.75, 3.05) is 5.01 Å². The predicted molar refractivity (Wildman–Crippen MR) is 152 cm³/mol. The highest BCUT2D eigenvalue weighted by Crippen LogP contribution is 2.40. The van der Waals surface area contributed by atoms with Gasteiger partial charge in [0.25, 0.3) is 5.91 Å². The molecule has 0 saturated carbocycles. The van der Waals surface area contributed by atoms with Crippen LogP contribution >= 0.6 is 23.2 Å². The number of hydrogen-bond donors (Lipinski definition) is 0. The SMILES string of the molecule is CC(=O)N1N=C(c2ccc(-n3nc(C)n(N4C(=O)C(Cl)C4c4ccccc4Cl)c3=O)cc2)CC1c1ccccc1. The van der Waals surface area contributed by atoms with E-state index in [4.69, 9.17) is 23.2 Å². The van der Waals surface area contributed by atoms with E-state index < -0.39 is 23.0 Å². The monoisotopic (exact) mass is 574 g/mol. The zero-order valence-corrected chi connectivity index (χ0v) is 23.1. The Bertz CT molecular complexity index is 1710. The average molecular weight is 575 g/mol. The van der Waals surface area contributed by atoms with E-state index in [-0.39, 0.29) is 11.9 Å². The van der Waals surface area contributed by atoms with E-state index in [1.807, 2.05) is 42.5 Å². The van der Waals surface area contributed by atoms with Crippen molar-refractivity contribution in [2.24, 2.45) is 5.10 Å². The summed E-state index contributed by atoms with van der Waals surface area (Å²) in [5, 5.41) is 11.4. The minimum absolute atomic E-state index is 0.136. The molecule has 2 aliphatic rings. The summed E-state index contributed by atoms with van der Waals surface area (Å²) in [6.07, 6.45) is 0.566. The second-order valence-electron chi connectivity index (χ2n) is 9.69. The molecular formula is C29H24Cl2N6O3. The number of nitrogens with zero attached hydrogens (tertiary/aromatic N) is 6. The highest BCUT2D eigenvalue weighted by atomic mass is 35.5. The van der Waals surface area contributed by atoms with Crippen LogP contribution in [0.3, 0.4) is 0 Å². The zero-order chi connectivity index (χ0) is 28.1. The molecule has 1 aromatic heterocycles. The number of amides is 2. The van der Waals surface area contributed by atoms with E-state index in [0.29, 0.717) is 28.5 Å². The molecule has 9 nitrogen and oxygen atoms in total. The van der Waals surface area contributed by atoms with Crippen molar-refractivity contribution >= 4 is 40.7 Å². The van der Waals surface area contributed by atoms with Gasteiger partial charge in [0.05, 0.1) is 17.4 Å². The van der Waals surface area contributed by atoms with Gasteiger partial charge in [-0.3, -0.25) is 9.59 Å². The third-order valence-electron chi connectivity index (χ3n) is 7.22. The van der Waals surface area contributed by atoms with Gasteiger partial charge in [-0.1, -0.05) is 72.3 Å². The van der Waals surface area contributed by atoms with Crippen LogP contribution in [-0.2, 0) is 9.59 Å². The number of rotatable bonds is 5. The van der Waals surface area contributed by atoms with Crippen molar-refractivity contribution in [3.05, 3.63) is 117 Å². The fraction of sp³-hybridized carbons (Fsp3) is 0.207. The van der Waals surface area contributed by atoms with E-state index in [1.54, 1.807) is 43.3 Å². The zero-order valence-electron chi connectivity index (χ0n) is 21.6. The molecule has 3 aromatic carbocycles. The number of hydrogen-bond acceptors (Lipinski definition) is 5. The van der Waals surface area contributed by atoms with Gasteiger partial charge in [0.2, 0.25) is 5.91 Å². The van der Waals surface area contributed by atoms with Gasteiger partial charge in [-0.05, 0) is 41.8 Å². The number of hydrazone groups is 1. The summed E-state index contributed by atoms with van der Waals surface area (Å²) < 4.78 is 2.47. The molecule has 0 spiro atoms. The molecule has 0 bridgehead atoms. The van der Waals surface area contributed by atoms with Crippen molar-refractivity contribution in [2.45, 2.75) is 37.7 Å². The molecule has 2 amide bonds. The van der Waals surface area contributed by atoms with Crippen LogP contribution in [0.15, 0.2) is 88.8 Å². The van der Waals surface area contributed by atoms with Crippen LogP contribution in [-0.4, -0.2) is 42.4 Å². The Balaban J connectivity index is 1.29. The van der Waals surface area contributed by atoms with Crippen LogP contribution in [0.25, 0.3) is 5.69 Å². The molecule has 3 heterocycles. The maximum atomic E-state index is 13.5. The van der Waals surface area contributed by atoms with Gasteiger partial charge in [0.15, 0.2) is 5.82 Å². The molecule has 0 aliphatic carbocycles. The van der Waals surface area contributed by atoms with E-state index in [0.717, 1.165) is 16.8 Å². The Morgan fingerprint density at radius 1 is 0.950 bits per heavy atom. The Morgan fingerprint density at radius 2 is 1.62 bits per heavy atom. The van der Waals surface area contributed by atoms with E-state index in [1.165, 1.54) is 26.3 Å². The predicted octanol–water partition coefficient (Wildman–Crippen LogP) is 4.52. The quantitative estimate of drug-likeness (QED) is 0.259. The first-order valence-corrected chi connectivity index (χ1v) is 13.5. The molecule has 0 radical (unpaired) electrons. The fourth-order valence-electron chi connectivity index (χ4n) is 5.25. The van der Waals surface area contributed by atoms with Gasteiger partial charge in [-0.2, -0.15) is 14.5 Å². The standard InChI is InChI=1S/C29H24Cl2N6O3/c1-17-32-35(29(40)36(17)37-27(26(31)28(37)39)22-10-6-7-11-23(22)30)21-14-12-19(13-15-21)24-16-25(34(33-24)18(2)38)20-8-4-3-5-9-20/h3-15,25-27H,16H2,1-2H3. The van der Waals surface area contributed by atoms with Crippen LogP contribution < -0.4 is 10.7 Å². The molecule has 11 heteroatoms. The summed E-state index contributed by atoms with van der Waals surface area (Å²) in [4.78, 5) is 38.6. The van der Waals surface area contributed by atoms with Crippen molar-refractivity contribution in [3.63, 3.8) is 0 Å². The summed E-state index contributed by atoms with van der Waals surface area (Å²) in [6, 6.07) is 23.3. The lowest BCUT2D eigenvalue weighted by Gasteiger charge is -2.44. The lowest BCUT2D eigenvalue weighted by Crippen LogP contribution is -2.64. The van der Waals surface area contributed by atoms with Gasteiger partial charge in [-0.25, -0.2) is 14.8 Å². The number of carbonyl (C=O) groups is 2. The minimum atomic E-state index is -0.852. The van der Waals surface area contributed by atoms with Crippen LogP contribution in [0.5, 0.6) is 0 Å². The molecule has 6 rings (SSSR count). The number of benzene rings is 3. The first kappa shape index (κ1) is 26.0. The third kappa shape index (κ3) is 4.22. The van der Waals surface area contributed by atoms with E-state index in [2.05, 4.69) is 10.2 Å². The molecule has 4 aromatic rings. The number of β-lactam (4-membered cyclic amide) rings is 1. The molecule has 0 N–H and O–H groups in total. The normalized spacial score (nSPS) is 20.4. The van der Waals surface area contributed by atoms with E-state index >= 15 is 0 Å². The van der Waals surface area contributed by atoms with Crippen LogP contribution in [0.4, 0.5) is 0 Å². The highest BCUT2D eigenvalue weighted by molar-refractivity contribution is 6.37. The lowest BCUT2D eigenvalue weighted by atomic mass is 9.95. The molecule has 1 fully saturated rings. The largest absolute Gasteiger partial charge is 0.370 e. The number of halogens is 2. The topological polar surface area (TPSA) is 92.8 Å². The molecule has 3 unspecified atom stereocenters. The van der Waals surface area contributed by atoms with Crippen LogP contribution in [0.1, 0.15) is 47.9 Å². The molecule has 40 heavy (non-hydrogen) atoms. The number of aryl methyl sites for hydroxylation is 1. The Labute approximate surface area is 239 Å². The smallest absolute Gasteiger partial charge is 0.273 e. The van der Waals surface area contributed by atoms with Gasteiger partial charge < -0.3 is 0 Å².